The zero-order valence-corrected chi connectivity index (χ0v) is 11.9. The Morgan fingerprint density at radius 1 is 1.44 bits per heavy atom. The Balaban J connectivity index is 2.68. The van der Waals surface area contributed by atoms with Crippen LogP contribution in [0.15, 0.2) is 22.9 Å². The van der Waals surface area contributed by atoms with Crippen LogP contribution in [0.1, 0.15) is 13.8 Å². The minimum Gasteiger partial charge on any atom is -0.382 e. The van der Waals surface area contributed by atoms with E-state index in [9.17, 15) is 8.42 Å². The fourth-order valence-electron chi connectivity index (χ4n) is 0.926. The van der Waals surface area contributed by atoms with Crippen molar-refractivity contribution in [3.8, 4) is 0 Å². The molecule has 1 heterocycles. The molecule has 1 rings (SSSR count). The molecule has 4 nitrogen and oxygen atoms in total. The Labute approximate surface area is 105 Å². The lowest BCUT2D eigenvalue weighted by atomic mass is 10.2. The number of hydrogen-bond acceptors (Lipinski definition) is 4. The molecule has 0 bridgehead atoms. The third kappa shape index (κ3) is 3.45. The Kier molecular flexibility index (Phi) is 3.96. The number of aromatic nitrogens is 1. The second kappa shape index (κ2) is 4.71. The van der Waals surface area contributed by atoms with Gasteiger partial charge in [-0.3, -0.25) is 0 Å². The van der Waals surface area contributed by atoms with Gasteiger partial charge in [-0.25, -0.2) is 13.4 Å². The highest BCUT2D eigenvalue weighted by molar-refractivity contribution is 9.10. The fraction of sp³-hybridized carbons (Fsp3) is 0.500. The summed E-state index contributed by atoms with van der Waals surface area (Å²) in [6, 6.07) is 3.64. The van der Waals surface area contributed by atoms with Gasteiger partial charge in [0.1, 0.15) is 4.60 Å². The first-order chi connectivity index (χ1) is 7.22. The molecular formula is C10H15BrN2O2S. The van der Waals surface area contributed by atoms with Crippen LogP contribution < -0.4 is 5.32 Å². The maximum Gasteiger partial charge on any atom is 0.154 e. The standard InChI is InChI=1S/C10H15BrN2O2S/c1-10(2,16(3,14)15)7-13-8-4-5-9(11)12-6-8/h4-6,13H,7H2,1-3H3. The number of hydrogen-bond donors (Lipinski definition) is 1. The van der Waals surface area contributed by atoms with E-state index in [1.54, 1.807) is 26.1 Å². The van der Waals surface area contributed by atoms with Crippen LogP contribution in [0.5, 0.6) is 0 Å². The Morgan fingerprint density at radius 2 is 2.06 bits per heavy atom. The van der Waals surface area contributed by atoms with Gasteiger partial charge in [0.05, 0.1) is 16.6 Å². The van der Waals surface area contributed by atoms with Crippen molar-refractivity contribution in [1.82, 2.24) is 4.98 Å². The quantitative estimate of drug-likeness (QED) is 0.865. The van der Waals surface area contributed by atoms with E-state index in [4.69, 9.17) is 0 Å². The number of anilines is 1. The van der Waals surface area contributed by atoms with Gasteiger partial charge >= 0.3 is 0 Å². The van der Waals surface area contributed by atoms with E-state index in [0.717, 1.165) is 10.3 Å². The average molecular weight is 307 g/mol. The monoisotopic (exact) mass is 306 g/mol. The molecule has 6 heteroatoms. The zero-order chi connectivity index (χ0) is 12.4. The maximum absolute atomic E-state index is 11.5. The minimum atomic E-state index is -3.07. The molecule has 1 N–H and O–H groups in total. The van der Waals surface area contributed by atoms with E-state index >= 15 is 0 Å². The molecule has 0 aliphatic rings. The van der Waals surface area contributed by atoms with E-state index in [-0.39, 0.29) is 0 Å². The second-order valence-corrected chi connectivity index (χ2v) is 7.72. The summed E-state index contributed by atoms with van der Waals surface area (Å²) in [4.78, 5) is 4.05. The first-order valence-corrected chi connectivity index (χ1v) is 7.46. The summed E-state index contributed by atoms with van der Waals surface area (Å²) < 4.78 is 22.9. The SMILES string of the molecule is CC(C)(CNc1ccc(Br)nc1)S(C)(=O)=O. The lowest BCUT2D eigenvalue weighted by Crippen LogP contribution is -2.38. The summed E-state index contributed by atoms with van der Waals surface area (Å²) >= 11 is 3.23. The van der Waals surface area contributed by atoms with E-state index in [1.165, 1.54) is 6.26 Å². The van der Waals surface area contributed by atoms with Crippen LogP contribution in [0.25, 0.3) is 0 Å². The van der Waals surface area contributed by atoms with Crippen molar-refractivity contribution in [2.45, 2.75) is 18.6 Å². The average Bonchev–Trinajstić information content (AvgIpc) is 2.15. The van der Waals surface area contributed by atoms with Crippen molar-refractivity contribution in [2.24, 2.45) is 0 Å². The molecular weight excluding hydrogens is 292 g/mol. The highest BCUT2D eigenvalue weighted by Crippen LogP contribution is 2.17. The molecule has 16 heavy (non-hydrogen) atoms. The summed E-state index contributed by atoms with van der Waals surface area (Å²) in [7, 11) is -3.07. The van der Waals surface area contributed by atoms with Crippen molar-refractivity contribution in [3.63, 3.8) is 0 Å². The zero-order valence-electron chi connectivity index (χ0n) is 9.49. The highest BCUT2D eigenvalue weighted by atomic mass is 79.9. The van der Waals surface area contributed by atoms with Crippen molar-refractivity contribution < 1.29 is 8.42 Å². The van der Waals surface area contributed by atoms with Gasteiger partial charge in [0.25, 0.3) is 0 Å². The van der Waals surface area contributed by atoms with Gasteiger partial charge in [-0.05, 0) is 41.9 Å². The van der Waals surface area contributed by atoms with Gasteiger partial charge in [0, 0.05) is 12.8 Å². The van der Waals surface area contributed by atoms with Crippen LogP contribution in [0.3, 0.4) is 0 Å². The fourth-order valence-corrected chi connectivity index (χ4v) is 1.50. The number of nitrogens with one attached hydrogen (secondary N) is 1. The van der Waals surface area contributed by atoms with E-state index < -0.39 is 14.6 Å². The van der Waals surface area contributed by atoms with Crippen molar-refractivity contribution in [3.05, 3.63) is 22.9 Å². The van der Waals surface area contributed by atoms with Gasteiger partial charge in [0.2, 0.25) is 0 Å². The largest absolute Gasteiger partial charge is 0.382 e. The molecule has 0 aliphatic carbocycles. The van der Waals surface area contributed by atoms with Gasteiger partial charge in [-0.1, -0.05) is 0 Å². The van der Waals surface area contributed by atoms with Gasteiger partial charge in [-0.15, -0.1) is 0 Å². The topological polar surface area (TPSA) is 59.1 Å². The smallest absolute Gasteiger partial charge is 0.154 e. The summed E-state index contributed by atoms with van der Waals surface area (Å²) in [5.41, 5.74) is 0.805. The maximum atomic E-state index is 11.5. The number of halogens is 1. The molecule has 0 unspecified atom stereocenters. The first kappa shape index (κ1) is 13.4. The van der Waals surface area contributed by atoms with E-state index in [0.29, 0.717) is 6.54 Å². The molecule has 0 radical (unpaired) electrons. The molecule has 1 aromatic heterocycles. The van der Waals surface area contributed by atoms with Crippen LogP contribution in [-0.4, -0.2) is 30.9 Å². The van der Waals surface area contributed by atoms with Crippen LogP contribution in [0.2, 0.25) is 0 Å². The normalized spacial score (nSPS) is 12.5. The van der Waals surface area contributed by atoms with Crippen LogP contribution in [-0.2, 0) is 9.84 Å². The number of nitrogens with zero attached hydrogens (tertiary/aromatic N) is 1. The molecule has 0 atom stereocenters. The Morgan fingerprint density at radius 3 is 2.50 bits per heavy atom. The van der Waals surface area contributed by atoms with Gasteiger partial charge in [0.15, 0.2) is 9.84 Å². The van der Waals surface area contributed by atoms with Crippen molar-refractivity contribution in [1.29, 1.82) is 0 Å². The molecule has 90 valence electrons. The Bertz CT molecular complexity index is 454. The molecule has 1 aromatic rings. The lowest BCUT2D eigenvalue weighted by molar-refractivity contribution is 0.560. The minimum absolute atomic E-state index is 0.356. The molecule has 0 fully saturated rings. The van der Waals surface area contributed by atoms with Crippen molar-refractivity contribution >= 4 is 31.5 Å². The van der Waals surface area contributed by atoms with Crippen molar-refractivity contribution in [2.75, 3.05) is 18.1 Å². The molecule has 0 spiro atoms. The van der Waals surface area contributed by atoms with Crippen LogP contribution >= 0.6 is 15.9 Å². The predicted molar refractivity (Wildman–Crippen MR) is 69.3 cm³/mol. The Hall–Kier alpha value is -0.620. The van der Waals surface area contributed by atoms with Crippen LogP contribution in [0, 0.1) is 0 Å². The lowest BCUT2D eigenvalue weighted by Gasteiger charge is -2.23. The molecule has 0 saturated carbocycles. The highest BCUT2D eigenvalue weighted by Gasteiger charge is 2.29. The first-order valence-electron chi connectivity index (χ1n) is 4.77. The van der Waals surface area contributed by atoms with Crippen LogP contribution in [0.4, 0.5) is 5.69 Å². The molecule has 0 aliphatic heterocycles. The van der Waals surface area contributed by atoms with Gasteiger partial charge < -0.3 is 5.32 Å². The van der Waals surface area contributed by atoms with E-state index in [2.05, 4.69) is 26.2 Å². The molecule has 0 amide bonds. The molecule has 0 aromatic carbocycles. The number of sulfone groups is 1. The summed E-state index contributed by atoms with van der Waals surface area (Å²) in [5, 5.41) is 3.06. The summed E-state index contributed by atoms with van der Waals surface area (Å²) in [6.07, 6.45) is 2.90. The third-order valence-corrected chi connectivity index (χ3v) is 5.07. The number of rotatable bonds is 4. The third-order valence-electron chi connectivity index (χ3n) is 2.45. The summed E-state index contributed by atoms with van der Waals surface area (Å²) in [6.45, 7) is 3.75. The summed E-state index contributed by atoms with van der Waals surface area (Å²) in [5.74, 6) is 0. The van der Waals surface area contributed by atoms with Gasteiger partial charge in [-0.2, -0.15) is 0 Å². The number of pyridine rings is 1. The predicted octanol–water partition coefficient (Wildman–Crippen LogP) is 2.08. The molecule has 0 saturated heterocycles. The van der Waals surface area contributed by atoms with E-state index in [1.807, 2.05) is 6.07 Å². The second-order valence-electron chi connectivity index (χ2n) is 4.26.